The number of nitrogens with two attached hydrogens (primary N) is 1. The summed E-state index contributed by atoms with van der Waals surface area (Å²) in [7, 11) is -0.673. The minimum absolute atomic E-state index is 0. The van der Waals surface area contributed by atoms with Crippen molar-refractivity contribution in [1.82, 2.24) is 14.8 Å². The van der Waals surface area contributed by atoms with Gasteiger partial charge in [0, 0.05) is 28.8 Å². The Morgan fingerprint density at radius 2 is 1.83 bits per heavy atom. The van der Waals surface area contributed by atoms with Crippen LogP contribution in [0.1, 0.15) is 46.1 Å². The van der Waals surface area contributed by atoms with Gasteiger partial charge in [0.05, 0.1) is 18.5 Å². The van der Waals surface area contributed by atoms with Gasteiger partial charge in [0.1, 0.15) is 5.75 Å². The monoisotopic (exact) mass is 606 g/mol. The molecule has 3 aromatic carbocycles. The number of methoxy groups -OCH3 is 1. The van der Waals surface area contributed by atoms with Crippen molar-refractivity contribution in [3.8, 4) is 33.3 Å². The van der Waals surface area contributed by atoms with Crippen LogP contribution < -0.4 is 9.88 Å². The highest BCUT2D eigenvalue weighted by molar-refractivity contribution is 7.82. The van der Waals surface area contributed by atoms with Crippen LogP contribution in [0.3, 0.4) is 0 Å². The van der Waals surface area contributed by atoms with Crippen LogP contribution in [-0.2, 0) is 21.6 Å². The molecule has 4 N–H and O–H groups in total. The minimum atomic E-state index is -2.30. The first-order valence-corrected chi connectivity index (χ1v) is 15.1. The number of halogens is 1. The number of aromatic carboxylic acids is 1. The van der Waals surface area contributed by atoms with Crippen LogP contribution in [0.5, 0.6) is 5.75 Å². The molecule has 6 rings (SSSR count). The van der Waals surface area contributed by atoms with Crippen molar-refractivity contribution in [1.29, 1.82) is 0 Å². The maximum Gasteiger partial charge on any atom is 0.355 e. The molecule has 42 heavy (non-hydrogen) atoms. The quantitative estimate of drug-likeness (QED) is 0.161. The van der Waals surface area contributed by atoms with Crippen molar-refractivity contribution >= 4 is 28.3 Å². The Kier molecular flexibility index (Phi) is 8.32. The summed E-state index contributed by atoms with van der Waals surface area (Å²) in [6, 6.07) is 20.4. The summed E-state index contributed by atoms with van der Waals surface area (Å²) >= 11 is 1.21. The molecule has 0 spiro atoms. The number of ether oxygens (including phenoxy) is 1. The van der Waals surface area contributed by atoms with E-state index in [0.29, 0.717) is 22.8 Å². The molecule has 9 nitrogen and oxygen atoms in total. The fourth-order valence-electron chi connectivity index (χ4n) is 4.94. The molecule has 0 radical (unpaired) electrons. The SMILES string of the molecule is COc1cccc(-c2cccc(-c3nn(-c4nc(C(=O)O)cs4)c(C4CC4)c3Cc3ccc([SH+](N)=O)c(F)c3)c2)c1.[OH-]. The van der Waals surface area contributed by atoms with Crippen molar-refractivity contribution in [2.24, 2.45) is 5.14 Å². The lowest BCUT2D eigenvalue weighted by molar-refractivity contribution is 0.0691. The third kappa shape index (κ3) is 5.74. The standard InChI is InChI=1S/C30H25FN4O4S2.H2O/c1-39-22-7-3-5-20(15-22)19-4-2-6-21(14-19)27-23(12-17-8-11-26(41(32)38)24(31)13-17)28(18-9-10-18)35(34-27)30-33-25(16-40-30)29(36)37;/h2-8,11,13-16,18H,9-10,12H2,1H3,(H2,32,38)(H,36,37);1H2. The summed E-state index contributed by atoms with van der Waals surface area (Å²) in [6.07, 6.45) is 2.28. The zero-order chi connectivity index (χ0) is 28.7. The number of aromatic nitrogens is 3. The minimum Gasteiger partial charge on any atom is -0.870 e. The first-order valence-electron chi connectivity index (χ1n) is 12.9. The largest absolute Gasteiger partial charge is 0.870 e. The molecular formula is C30H27FN4O5S2. The molecule has 1 atom stereocenters. The Balaban J connectivity index is 0.00000353. The molecule has 0 saturated heterocycles. The van der Waals surface area contributed by atoms with Crippen molar-refractivity contribution in [3.63, 3.8) is 0 Å². The van der Waals surface area contributed by atoms with Crippen LogP contribution in [0.4, 0.5) is 4.39 Å². The van der Waals surface area contributed by atoms with Gasteiger partial charge in [-0.15, -0.1) is 16.5 Å². The smallest absolute Gasteiger partial charge is 0.355 e. The number of hydrogen-bond acceptors (Lipinski definition) is 7. The second-order valence-corrected chi connectivity index (χ2v) is 11.8. The van der Waals surface area contributed by atoms with Gasteiger partial charge >= 0.3 is 5.97 Å². The predicted octanol–water partition coefficient (Wildman–Crippen LogP) is 5.73. The molecule has 0 amide bonds. The summed E-state index contributed by atoms with van der Waals surface area (Å²) < 4.78 is 33.7. The van der Waals surface area contributed by atoms with Gasteiger partial charge in [-0.25, -0.2) is 18.9 Å². The van der Waals surface area contributed by atoms with Crippen LogP contribution >= 0.6 is 11.3 Å². The Morgan fingerprint density at radius 3 is 2.48 bits per heavy atom. The molecular weight excluding hydrogens is 579 g/mol. The van der Waals surface area contributed by atoms with E-state index in [1.165, 1.54) is 28.8 Å². The number of carboxylic acids is 1. The number of rotatable bonds is 9. The van der Waals surface area contributed by atoms with E-state index in [1.807, 2.05) is 42.5 Å². The predicted molar refractivity (Wildman–Crippen MR) is 159 cm³/mol. The number of hydrogen-bond donors (Lipinski definition) is 2. The maximum absolute atomic E-state index is 14.8. The lowest BCUT2D eigenvalue weighted by Gasteiger charge is -2.10. The van der Waals surface area contributed by atoms with Gasteiger partial charge in [-0.05, 0) is 59.9 Å². The third-order valence-electron chi connectivity index (χ3n) is 7.05. The number of thiol groups is 1. The van der Waals surface area contributed by atoms with E-state index in [1.54, 1.807) is 17.9 Å². The van der Waals surface area contributed by atoms with Gasteiger partial charge < -0.3 is 15.3 Å². The highest BCUT2D eigenvalue weighted by atomic mass is 32.2. The lowest BCUT2D eigenvalue weighted by atomic mass is 9.95. The van der Waals surface area contributed by atoms with Gasteiger partial charge in [-0.1, -0.05) is 40.6 Å². The van der Waals surface area contributed by atoms with Gasteiger partial charge in [0.25, 0.3) is 0 Å². The van der Waals surface area contributed by atoms with Gasteiger partial charge in [0.2, 0.25) is 10.0 Å². The molecule has 2 heterocycles. The molecule has 1 aliphatic carbocycles. The number of benzene rings is 3. The van der Waals surface area contributed by atoms with E-state index >= 15 is 0 Å². The van der Waals surface area contributed by atoms with Gasteiger partial charge in [-0.3, -0.25) is 0 Å². The van der Waals surface area contributed by atoms with E-state index < -0.39 is 22.8 Å². The maximum atomic E-state index is 14.8. The summed E-state index contributed by atoms with van der Waals surface area (Å²) in [5.41, 5.74) is 6.00. The fraction of sp³-hybridized carbons (Fsp3) is 0.167. The summed E-state index contributed by atoms with van der Waals surface area (Å²) in [4.78, 5) is 15.9. The molecule has 5 aromatic rings. The fourth-order valence-corrected chi connectivity index (χ4v) is 6.20. The molecule has 1 saturated carbocycles. The van der Waals surface area contributed by atoms with Crippen molar-refractivity contribution in [2.45, 2.75) is 30.1 Å². The van der Waals surface area contributed by atoms with Gasteiger partial charge in [-0.2, -0.15) is 5.10 Å². The number of thiazole rings is 1. The molecule has 1 aliphatic rings. The number of carboxylic acid groups (broad SMARTS) is 1. The summed E-state index contributed by atoms with van der Waals surface area (Å²) in [5, 5.41) is 21.9. The molecule has 0 aliphatic heterocycles. The Morgan fingerprint density at radius 1 is 1.12 bits per heavy atom. The van der Waals surface area contributed by atoms with Crippen LogP contribution in [-0.4, -0.2) is 38.4 Å². The lowest BCUT2D eigenvalue weighted by Crippen LogP contribution is -2.06. The van der Waals surface area contributed by atoms with Crippen molar-refractivity contribution in [3.05, 3.63) is 100 Å². The van der Waals surface area contributed by atoms with Crippen molar-refractivity contribution in [2.75, 3.05) is 7.11 Å². The Bertz CT molecular complexity index is 1820. The highest BCUT2D eigenvalue weighted by Gasteiger charge is 2.34. The molecule has 216 valence electrons. The molecule has 2 aromatic heterocycles. The first-order chi connectivity index (χ1) is 19.8. The molecule has 12 heteroatoms. The van der Waals surface area contributed by atoms with Crippen LogP contribution in [0.25, 0.3) is 27.5 Å². The van der Waals surface area contributed by atoms with Crippen LogP contribution in [0.2, 0.25) is 0 Å². The number of carbonyl (C=O) groups is 1. The zero-order valence-corrected chi connectivity index (χ0v) is 24.1. The molecule has 1 fully saturated rings. The number of nitrogens with zero attached hydrogens (tertiary/aromatic N) is 3. The third-order valence-corrected chi connectivity index (χ3v) is 8.70. The Labute approximate surface area is 247 Å². The zero-order valence-electron chi connectivity index (χ0n) is 22.4. The van der Waals surface area contributed by atoms with Crippen LogP contribution in [0, 0.1) is 5.82 Å². The molecule has 1 unspecified atom stereocenters. The summed E-state index contributed by atoms with van der Waals surface area (Å²) in [6.45, 7) is 0. The first kappa shape index (κ1) is 29.3. The van der Waals surface area contributed by atoms with Crippen molar-refractivity contribution < 1.29 is 28.7 Å². The van der Waals surface area contributed by atoms with E-state index in [9.17, 15) is 18.5 Å². The second-order valence-electron chi connectivity index (χ2n) is 9.82. The summed E-state index contributed by atoms with van der Waals surface area (Å²) in [5.74, 6) is -0.754. The highest BCUT2D eigenvalue weighted by Crippen LogP contribution is 2.46. The van der Waals surface area contributed by atoms with E-state index in [4.69, 9.17) is 15.0 Å². The van der Waals surface area contributed by atoms with Crippen LogP contribution in [0.15, 0.2) is 77.0 Å². The second kappa shape index (κ2) is 11.9. The molecule has 0 bridgehead atoms. The van der Waals surface area contributed by atoms with E-state index in [2.05, 4.69) is 11.1 Å². The topological polar surface area (TPSA) is 150 Å². The average molecular weight is 607 g/mol. The Hall–Kier alpha value is -4.23. The van der Waals surface area contributed by atoms with Gasteiger partial charge in [0.15, 0.2) is 22.5 Å². The normalized spacial score (nSPS) is 13.4. The van der Waals surface area contributed by atoms with E-state index in [-0.39, 0.29) is 22.0 Å². The van der Waals surface area contributed by atoms with E-state index in [0.717, 1.165) is 46.5 Å². The average Bonchev–Trinajstić information content (AvgIpc) is 3.55.